The van der Waals surface area contributed by atoms with Gasteiger partial charge in [0.1, 0.15) is 5.75 Å². The molecule has 0 aliphatic rings. The van der Waals surface area contributed by atoms with Gasteiger partial charge in [-0.25, -0.2) is 0 Å². The first kappa shape index (κ1) is 11.1. The second kappa shape index (κ2) is 4.47. The van der Waals surface area contributed by atoms with Crippen molar-refractivity contribution < 1.29 is 9.47 Å². The molecule has 2 nitrogen and oxygen atoms in total. The molecule has 0 aliphatic carbocycles. The highest BCUT2D eigenvalue weighted by Crippen LogP contribution is 2.28. The predicted molar refractivity (Wildman–Crippen MR) is 57.9 cm³/mol. The van der Waals surface area contributed by atoms with E-state index in [1.807, 2.05) is 0 Å². The molecular formula is C12H18O2. The highest BCUT2D eigenvalue weighted by atomic mass is 16.5. The minimum Gasteiger partial charge on any atom is -0.496 e. The summed E-state index contributed by atoms with van der Waals surface area (Å²) >= 11 is 0. The average Bonchev–Trinajstić information content (AvgIpc) is 2.15. The number of hydrogen-bond acceptors (Lipinski definition) is 2. The van der Waals surface area contributed by atoms with E-state index in [1.54, 1.807) is 14.2 Å². The summed E-state index contributed by atoms with van der Waals surface area (Å²) in [6, 6.07) is 2.13. The van der Waals surface area contributed by atoms with E-state index in [0.29, 0.717) is 6.61 Å². The fourth-order valence-corrected chi connectivity index (χ4v) is 1.76. The van der Waals surface area contributed by atoms with E-state index in [0.717, 1.165) is 5.75 Å². The first-order valence-electron chi connectivity index (χ1n) is 4.74. The van der Waals surface area contributed by atoms with Gasteiger partial charge in [0, 0.05) is 7.11 Å². The zero-order chi connectivity index (χ0) is 10.7. The van der Waals surface area contributed by atoms with Crippen molar-refractivity contribution in [3.63, 3.8) is 0 Å². The van der Waals surface area contributed by atoms with E-state index in [1.165, 1.54) is 22.3 Å². The first-order chi connectivity index (χ1) is 6.61. The maximum atomic E-state index is 5.35. The molecule has 1 rings (SSSR count). The molecule has 0 saturated carbocycles. The summed E-state index contributed by atoms with van der Waals surface area (Å²) < 4.78 is 10.5. The summed E-state index contributed by atoms with van der Waals surface area (Å²) in [5.74, 6) is 0.988. The lowest BCUT2D eigenvalue weighted by molar-refractivity contribution is 0.184. The number of ether oxygens (including phenoxy) is 2. The Morgan fingerprint density at radius 2 is 1.71 bits per heavy atom. The Morgan fingerprint density at radius 3 is 2.21 bits per heavy atom. The van der Waals surface area contributed by atoms with E-state index in [4.69, 9.17) is 9.47 Å². The zero-order valence-electron chi connectivity index (χ0n) is 9.60. The Labute approximate surface area is 85.8 Å². The molecule has 0 unspecified atom stereocenters. The smallest absolute Gasteiger partial charge is 0.124 e. The van der Waals surface area contributed by atoms with Crippen molar-refractivity contribution in [2.75, 3.05) is 14.2 Å². The Hall–Kier alpha value is -1.02. The van der Waals surface area contributed by atoms with Crippen LogP contribution in [0.15, 0.2) is 6.07 Å². The van der Waals surface area contributed by atoms with Gasteiger partial charge in [0.2, 0.25) is 0 Å². The second-order valence-electron chi connectivity index (χ2n) is 3.57. The van der Waals surface area contributed by atoms with Gasteiger partial charge in [0.05, 0.1) is 13.7 Å². The Kier molecular flexibility index (Phi) is 3.53. The third kappa shape index (κ3) is 1.90. The fraction of sp³-hybridized carbons (Fsp3) is 0.500. The molecule has 0 aromatic heterocycles. The van der Waals surface area contributed by atoms with Crippen molar-refractivity contribution in [2.24, 2.45) is 0 Å². The van der Waals surface area contributed by atoms with Crippen LogP contribution in [0.3, 0.4) is 0 Å². The standard InChI is InChI=1S/C12H18O2/c1-8-6-11(7-13-4)9(2)10(3)12(8)14-5/h6H,7H2,1-5H3. The van der Waals surface area contributed by atoms with Gasteiger partial charge in [0.25, 0.3) is 0 Å². The lowest BCUT2D eigenvalue weighted by Crippen LogP contribution is -1.99. The molecule has 78 valence electrons. The molecule has 0 aliphatic heterocycles. The maximum absolute atomic E-state index is 5.35. The molecule has 2 heteroatoms. The van der Waals surface area contributed by atoms with Crippen molar-refractivity contribution >= 4 is 0 Å². The number of rotatable bonds is 3. The molecule has 1 aromatic carbocycles. The molecule has 0 bridgehead atoms. The first-order valence-corrected chi connectivity index (χ1v) is 4.74. The highest BCUT2D eigenvalue weighted by molar-refractivity contribution is 5.48. The monoisotopic (exact) mass is 194 g/mol. The summed E-state index contributed by atoms with van der Waals surface area (Å²) in [6.45, 7) is 6.91. The highest BCUT2D eigenvalue weighted by Gasteiger charge is 2.09. The Bertz CT molecular complexity index is 330. The molecule has 0 atom stereocenters. The van der Waals surface area contributed by atoms with E-state index in [2.05, 4.69) is 26.8 Å². The van der Waals surface area contributed by atoms with Crippen LogP contribution in [0.4, 0.5) is 0 Å². The molecule has 0 amide bonds. The quantitative estimate of drug-likeness (QED) is 0.736. The summed E-state index contributed by atoms with van der Waals surface area (Å²) in [7, 11) is 3.43. The maximum Gasteiger partial charge on any atom is 0.124 e. The number of aryl methyl sites for hydroxylation is 1. The molecule has 0 saturated heterocycles. The number of benzene rings is 1. The normalized spacial score (nSPS) is 10.4. The summed E-state index contributed by atoms with van der Waals surface area (Å²) in [4.78, 5) is 0. The topological polar surface area (TPSA) is 18.5 Å². The van der Waals surface area contributed by atoms with Crippen LogP contribution in [0.1, 0.15) is 22.3 Å². The van der Waals surface area contributed by atoms with Crippen LogP contribution >= 0.6 is 0 Å². The van der Waals surface area contributed by atoms with Crippen molar-refractivity contribution in [1.82, 2.24) is 0 Å². The lowest BCUT2D eigenvalue weighted by Gasteiger charge is -2.15. The third-order valence-electron chi connectivity index (χ3n) is 2.64. The SMILES string of the molecule is COCc1cc(C)c(OC)c(C)c1C. The van der Waals surface area contributed by atoms with Crippen LogP contribution in [-0.2, 0) is 11.3 Å². The van der Waals surface area contributed by atoms with Gasteiger partial charge < -0.3 is 9.47 Å². The van der Waals surface area contributed by atoms with Crippen molar-refractivity contribution in [2.45, 2.75) is 27.4 Å². The predicted octanol–water partition coefficient (Wildman–Crippen LogP) is 2.77. The van der Waals surface area contributed by atoms with E-state index in [-0.39, 0.29) is 0 Å². The van der Waals surface area contributed by atoms with Crippen LogP contribution in [-0.4, -0.2) is 14.2 Å². The van der Waals surface area contributed by atoms with Crippen LogP contribution in [0.25, 0.3) is 0 Å². The summed E-state index contributed by atoms with van der Waals surface area (Å²) in [5, 5.41) is 0. The van der Waals surface area contributed by atoms with Crippen LogP contribution in [0, 0.1) is 20.8 Å². The van der Waals surface area contributed by atoms with Gasteiger partial charge >= 0.3 is 0 Å². The number of methoxy groups -OCH3 is 2. The molecule has 1 aromatic rings. The van der Waals surface area contributed by atoms with Gasteiger partial charge in [-0.2, -0.15) is 0 Å². The molecule has 0 spiro atoms. The summed E-state index contributed by atoms with van der Waals surface area (Å²) in [5.41, 5.74) is 4.87. The molecule has 0 fully saturated rings. The molecular weight excluding hydrogens is 176 g/mol. The van der Waals surface area contributed by atoms with E-state index in [9.17, 15) is 0 Å². The van der Waals surface area contributed by atoms with Crippen molar-refractivity contribution in [3.8, 4) is 5.75 Å². The molecule has 0 radical (unpaired) electrons. The van der Waals surface area contributed by atoms with Gasteiger partial charge in [-0.05, 0) is 49.1 Å². The van der Waals surface area contributed by atoms with Crippen molar-refractivity contribution in [3.05, 3.63) is 28.3 Å². The molecule has 0 heterocycles. The van der Waals surface area contributed by atoms with Crippen LogP contribution in [0.2, 0.25) is 0 Å². The van der Waals surface area contributed by atoms with E-state index >= 15 is 0 Å². The van der Waals surface area contributed by atoms with Crippen LogP contribution < -0.4 is 4.74 Å². The zero-order valence-corrected chi connectivity index (χ0v) is 9.60. The lowest BCUT2D eigenvalue weighted by atomic mass is 9.99. The Balaban J connectivity index is 3.25. The molecule has 0 N–H and O–H groups in total. The van der Waals surface area contributed by atoms with Gasteiger partial charge in [-0.3, -0.25) is 0 Å². The minimum atomic E-state index is 0.664. The van der Waals surface area contributed by atoms with Gasteiger partial charge in [0.15, 0.2) is 0 Å². The number of hydrogen-bond donors (Lipinski definition) is 0. The van der Waals surface area contributed by atoms with Gasteiger partial charge in [-0.1, -0.05) is 0 Å². The van der Waals surface area contributed by atoms with Gasteiger partial charge in [-0.15, -0.1) is 0 Å². The summed E-state index contributed by atoms with van der Waals surface area (Å²) in [6.07, 6.45) is 0. The van der Waals surface area contributed by atoms with Crippen LogP contribution in [0.5, 0.6) is 5.75 Å². The Morgan fingerprint density at radius 1 is 1.07 bits per heavy atom. The van der Waals surface area contributed by atoms with E-state index < -0.39 is 0 Å². The average molecular weight is 194 g/mol. The third-order valence-corrected chi connectivity index (χ3v) is 2.64. The minimum absolute atomic E-state index is 0.664. The fourth-order valence-electron chi connectivity index (χ4n) is 1.76. The largest absolute Gasteiger partial charge is 0.496 e. The molecule has 14 heavy (non-hydrogen) atoms. The second-order valence-corrected chi connectivity index (χ2v) is 3.57. The van der Waals surface area contributed by atoms with Crippen molar-refractivity contribution in [1.29, 1.82) is 0 Å².